The number of nitrogens with one attached hydrogen (secondary N) is 1. The molecule has 5 rings (SSSR count). The van der Waals surface area contributed by atoms with Gasteiger partial charge in [0.1, 0.15) is 10.8 Å². The molecule has 0 saturated carbocycles. The highest BCUT2D eigenvalue weighted by atomic mass is 32.1. The van der Waals surface area contributed by atoms with Gasteiger partial charge in [0.2, 0.25) is 0 Å². The van der Waals surface area contributed by atoms with Crippen molar-refractivity contribution in [3.8, 4) is 5.75 Å². The maximum atomic E-state index is 13.0. The summed E-state index contributed by atoms with van der Waals surface area (Å²) >= 11 is 1.76. The van der Waals surface area contributed by atoms with E-state index in [1.54, 1.807) is 29.7 Å². The van der Waals surface area contributed by atoms with E-state index in [-0.39, 0.29) is 11.9 Å². The number of nitrogens with zero attached hydrogens (tertiary/aromatic N) is 1. The number of likely N-dealkylation sites (tertiary alicyclic amines) is 1. The normalized spacial score (nSPS) is 17.4. The second kappa shape index (κ2) is 10.1. The number of benzene rings is 1. The first-order valence-electron chi connectivity index (χ1n) is 12.2. The van der Waals surface area contributed by atoms with Crippen LogP contribution in [0.3, 0.4) is 0 Å². The van der Waals surface area contributed by atoms with Crippen LogP contribution in [0.15, 0.2) is 47.1 Å². The van der Waals surface area contributed by atoms with Gasteiger partial charge in [-0.3, -0.25) is 9.69 Å². The van der Waals surface area contributed by atoms with Gasteiger partial charge in [0.25, 0.3) is 5.91 Å². The van der Waals surface area contributed by atoms with Crippen LogP contribution in [0.1, 0.15) is 77.2 Å². The molecule has 0 bridgehead atoms. The molecule has 1 aliphatic heterocycles. The second-order valence-electron chi connectivity index (χ2n) is 8.89. The first-order valence-corrected chi connectivity index (χ1v) is 13.0. The molecule has 5 nitrogen and oxygen atoms in total. The number of hydrogen-bond donors (Lipinski definition) is 1. The predicted octanol–water partition coefficient (Wildman–Crippen LogP) is 6.45. The quantitative estimate of drug-likeness (QED) is 0.437. The molecule has 2 aromatic heterocycles. The van der Waals surface area contributed by atoms with Crippen LogP contribution in [0, 0.1) is 0 Å². The number of rotatable bonds is 7. The van der Waals surface area contributed by atoms with Crippen molar-refractivity contribution in [2.45, 2.75) is 57.9 Å². The predicted molar refractivity (Wildman–Crippen MR) is 133 cm³/mol. The van der Waals surface area contributed by atoms with Crippen LogP contribution in [0.25, 0.3) is 0 Å². The van der Waals surface area contributed by atoms with Crippen LogP contribution in [0.5, 0.6) is 5.75 Å². The fourth-order valence-electron chi connectivity index (χ4n) is 5.19. The van der Waals surface area contributed by atoms with E-state index in [4.69, 9.17) is 9.15 Å². The van der Waals surface area contributed by atoms with Gasteiger partial charge < -0.3 is 14.5 Å². The lowest BCUT2D eigenvalue weighted by Gasteiger charge is -2.36. The number of amides is 1. The molecule has 174 valence electrons. The molecule has 1 N–H and O–H groups in total. The number of piperidine rings is 1. The highest BCUT2D eigenvalue weighted by Crippen LogP contribution is 2.46. The Morgan fingerprint density at radius 1 is 1.09 bits per heavy atom. The standard InChI is InChI=1S/C27H32N2O3S/c1-2-31-20-14-12-19(13-15-20)25(29-16-6-3-7-17-29)24-21-9-4-5-11-23(21)33-27(24)28-26(30)22-10-8-18-32-22/h8,10,12-15,18,25H,2-7,9,11,16-17H2,1H3,(H,28,30)/t25-/m1/s1. The first kappa shape index (κ1) is 22.2. The van der Waals surface area contributed by atoms with Crippen molar-refractivity contribution < 1.29 is 13.9 Å². The Labute approximate surface area is 199 Å². The molecular formula is C27H32N2O3S. The van der Waals surface area contributed by atoms with Gasteiger partial charge in [-0.05, 0) is 93.9 Å². The van der Waals surface area contributed by atoms with Crippen LogP contribution in [-0.2, 0) is 12.8 Å². The molecule has 1 amide bonds. The average molecular weight is 465 g/mol. The molecule has 1 fully saturated rings. The topological polar surface area (TPSA) is 54.7 Å². The van der Waals surface area contributed by atoms with Gasteiger partial charge in [0.15, 0.2) is 5.76 Å². The zero-order valence-corrected chi connectivity index (χ0v) is 20.1. The van der Waals surface area contributed by atoms with Gasteiger partial charge in [0, 0.05) is 10.4 Å². The summed E-state index contributed by atoms with van der Waals surface area (Å²) in [7, 11) is 0. The summed E-state index contributed by atoms with van der Waals surface area (Å²) in [6.45, 7) is 4.83. The van der Waals surface area contributed by atoms with Crippen molar-refractivity contribution in [3.05, 3.63) is 70.0 Å². The minimum Gasteiger partial charge on any atom is -0.494 e. The van der Waals surface area contributed by atoms with Gasteiger partial charge >= 0.3 is 0 Å². The van der Waals surface area contributed by atoms with E-state index in [0.717, 1.165) is 36.7 Å². The summed E-state index contributed by atoms with van der Waals surface area (Å²) in [5, 5.41) is 4.21. The lowest BCUT2D eigenvalue weighted by Crippen LogP contribution is -2.35. The molecule has 1 saturated heterocycles. The SMILES string of the molecule is CCOc1ccc([C@H](c2c(NC(=O)c3ccco3)sc3c2CCCC3)N2CCCCC2)cc1. The molecule has 33 heavy (non-hydrogen) atoms. The molecule has 6 heteroatoms. The smallest absolute Gasteiger partial charge is 0.291 e. The Hall–Kier alpha value is -2.57. The Morgan fingerprint density at radius 3 is 2.61 bits per heavy atom. The van der Waals surface area contributed by atoms with Crippen molar-refractivity contribution >= 4 is 22.2 Å². The number of carbonyl (C=O) groups excluding carboxylic acids is 1. The molecule has 1 aromatic carbocycles. The third kappa shape index (κ3) is 4.73. The number of carbonyl (C=O) groups is 1. The van der Waals surface area contributed by atoms with E-state index < -0.39 is 0 Å². The van der Waals surface area contributed by atoms with E-state index in [1.165, 1.54) is 53.7 Å². The fraction of sp³-hybridized carbons (Fsp3) is 0.444. The summed E-state index contributed by atoms with van der Waals surface area (Å²) in [6, 6.07) is 12.2. The van der Waals surface area contributed by atoms with E-state index >= 15 is 0 Å². The molecule has 2 aliphatic rings. The van der Waals surface area contributed by atoms with Gasteiger partial charge in [-0.2, -0.15) is 0 Å². The molecule has 1 atom stereocenters. The number of ether oxygens (including phenoxy) is 1. The number of anilines is 1. The van der Waals surface area contributed by atoms with Crippen LogP contribution in [0.2, 0.25) is 0 Å². The third-order valence-electron chi connectivity index (χ3n) is 6.72. The highest BCUT2D eigenvalue weighted by Gasteiger charge is 2.33. The maximum Gasteiger partial charge on any atom is 0.291 e. The average Bonchev–Trinajstić information content (AvgIpc) is 3.50. The second-order valence-corrected chi connectivity index (χ2v) is 9.99. The summed E-state index contributed by atoms with van der Waals surface area (Å²) in [5.41, 5.74) is 4.01. The summed E-state index contributed by atoms with van der Waals surface area (Å²) in [6.07, 6.45) is 9.87. The zero-order chi connectivity index (χ0) is 22.6. The van der Waals surface area contributed by atoms with E-state index in [0.29, 0.717) is 12.4 Å². The van der Waals surface area contributed by atoms with Crippen LogP contribution in [0.4, 0.5) is 5.00 Å². The molecule has 1 aliphatic carbocycles. The van der Waals surface area contributed by atoms with Crippen molar-refractivity contribution in [2.24, 2.45) is 0 Å². The van der Waals surface area contributed by atoms with Crippen molar-refractivity contribution in [2.75, 3.05) is 25.0 Å². The van der Waals surface area contributed by atoms with Gasteiger partial charge in [0.05, 0.1) is 18.9 Å². The van der Waals surface area contributed by atoms with Gasteiger partial charge in [-0.25, -0.2) is 0 Å². The molecule has 0 spiro atoms. The maximum absolute atomic E-state index is 13.0. The largest absolute Gasteiger partial charge is 0.494 e. The fourth-order valence-corrected chi connectivity index (χ4v) is 6.51. The van der Waals surface area contributed by atoms with E-state index in [2.05, 4.69) is 34.5 Å². The van der Waals surface area contributed by atoms with Crippen molar-refractivity contribution in [1.82, 2.24) is 4.90 Å². The minimum absolute atomic E-state index is 0.131. The number of furan rings is 1. The molecule has 0 radical (unpaired) electrons. The molecule has 3 heterocycles. The lowest BCUT2D eigenvalue weighted by atomic mass is 9.88. The number of thiophene rings is 1. The Balaban J connectivity index is 1.58. The Morgan fingerprint density at radius 2 is 1.88 bits per heavy atom. The van der Waals surface area contributed by atoms with Gasteiger partial charge in [-0.1, -0.05) is 18.6 Å². The molecular weight excluding hydrogens is 432 g/mol. The lowest BCUT2D eigenvalue weighted by molar-refractivity contribution is 0.0996. The van der Waals surface area contributed by atoms with E-state index in [1.807, 2.05) is 6.92 Å². The first-order chi connectivity index (χ1) is 16.2. The molecule has 0 unspecified atom stereocenters. The summed E-state index contributed by atoms with van der Waals surface area (Å²) < 4.78 is 11.1. The molecule has 3 aromatic rings. The Bertz CT molecular complexity index is 1070. The number of aryl methyl sites for hydroxylation is 1. The number of fused-ring (bicyclic) bond motifs is 1. The van der Waals surface area contributed by atoms with E-state index in [9.17, 15) is 4.79 Å². The zero-order valence-electron chi connectivity index (χ0n) is 19.3. The number of hydrogen-bond acceptors (Lipinski definition) is 5. The van der Waals surface area contributed by atoms with Crippen molar-refractivity contribution in [3.63, 3.8) is 0 Å². The summed E-state index contributed by atoms with van der Waals surface area (Å²) in [4.78, 5) is 17.0. The highest BCUT2D eigenvalue weighted by molar-refractivity contribution is 7.16. The summed E-state index contributed by atoms with van der Waals surface area (Å²) in [5.74, 6) is 1.07. The third-order valence-corrected chi connectivity index (χ3v) is 7.94. The van der Waals surface area contributed by atoms with Gasteiger partial charge in [-0.15, -0.1) is 11.3 Å². The monoisotopic (exact) mass is 464 g/mol. The Kier molecular flexibility index (Phi) is 6.83. The van der Waals surface area contributed by atoms with Crippen LogP contribution >= 0.6 is 11.3 Å². The van der Waals surface area contributed by atoms with Crippen molar-refractivity contribution in [1.29, 1.82) is 0 Å². The minimum atomic E-state index is -0.177. The van der Waals surface area contributed by atoms with Crippen LogP contribution < -0.4 is 10.1 Å². The van der Waals surface area contributed by atoms with Crippen LogP contribution in [-0.4, -0.2) is 30.5 Å².